The largest absolute Gasteiger partial charge is 0.573 e. The highest BCUT2D eigenvalue weighted by Crippen LogP contribution is 2.26. The molecule has 1 saturated carbocycles. The quantitative estimate of drug-likeness (QED) is 0.475. The number of nitrogens with one attached hydrogen (secondary N) is 2. The van der Waals surface area contributed by atoms with E-state index in [0.29, 0.717) is 17.2 Å². The Labute approximate surface area is 182 Å². The fourth-order valence-electron chi connectivity index (χ4n) is 3.36. The van der Waals surface area contributed by atoms with Crippen molar-refractivity contribution in [2.24, 2.45) is 0 Å². The predicted octanol–water partition coefficient (Wildman–Crippen LogP) is 5.02. The first-order valence-corrected chi connectivity index (χ1v) is 10.0. The summed E-state index contributed by atoms with van der Waals surface area (Å²) in [6.07, 6.45) is -1.80. The average Bonchev–Trinajstić information content (AvgIpc) is 2.71. The van der Waals surface area contributed by atoms with Crippen molar-refractivity contribution in [1.29, 1.82) is 0 Å². The molecule has 3 rings (SSSR count). The van der Waals surface area contributed by atoms with Crippen molar-refractivity contribution in [3.8, 4) is 17.2 Å². The Morgan fingerprint density at radius 1 is 0.875 bits per heavy atom. The van der Waals surface area contributed by atoms with E-state index in [-0.39, 0.29) is 23.9 Å². The van der Waals surface area contributed by atoms with Gasteiger partial charge in [0.25, 0.3) is 0 Å². The number of carbonyl (C=O) groups excluding carboxylic acids is 2. The van der Waals surface area contributed by atoms with Gasteiger partial charge in [-0.2, -0.15) is 0 Å². The first-order valence-electron chi connectivity index (χ1n) is 10.0. The van der Waals surface area contributed by atoms with Crippen LogP contribution in [-0.4, -0.2) is 30.5 Å². The number of rotatable bonds is 6. The lowest BCUT2D eigenvalue weighted by molar-refractivity contribution is -0.274. The minimum atomic E-state index is -4.76. The van der Waals surface area contributed by atoms with Gasteiger partial charge in [0.05, 0.1) is 6.10 Å². The molecule has 0 bridgehead atoms. The van der Waals surface area contributed by atoms with E-state index in [1.54, 1.807) is 24.3 Å². The third-order valence-electron chi connectivity index (χ3n) is 4.74. The Kier molecular flexibility index (Phi) is 7.45. The fourth-order valence-corrected chi connectivity index (χ4v) is 3.36. The standard InChI is InChI=1S/C22H23F3N2O5/c1-14(28)30-17-10-12-19(13-11-17)31-18-6-2-15(3-7-18)26-21(29)27-16-4-8-20(9-5-16)32-22(23,24)25/h4-5,8-13,15,18H,2-3,6-7H2,1H3,(H2,26,27,29)/t15-,18-. The van der Waals surface area contributed by atoms with Gasteiger partial charge in [-0.3, -0.25) is 4.79 Å². The van der Waals surface area contributed by atoms with Gasteiger partial charge in [-0.1, -0.05) is 0 Å². The monoisotopic (exact) mass is 452 g/mol. The van der Waals surface area contributed by atoms with Crippen molar-refractivity contribution in [3.63, 3.8) is 0 Å². The van der Waals surface area contributed by atoms with Crippen LogP contribution in [0.2, 0.25) is 0 Å². The van der Waals surface area contributed by atoms with Gasteiger partial charge in [-0.05, 0) is 74.2 Å². The van der Waals surface area contributed by atoms with Crippen LogP contribution >= 0.6 is 0 Å². The SMILES string of the molecule is CC(=O)Oc1ccc(O[C@H]2CC[C@H](NC(=O)Nc3ccc(OC(F)(F)F)cc3)CC2)cc1. The number of urea groups is 1. The lowest BCUT2D eigenvalue weighted by atomic mass is 9.93. The summed E-state index contributed by atoms with van der Waals surface area (Å²) in [5, 5.41) is 5.46. The molecule has 32 heavy (non-hydrogen) atoms. The molecule has 0 aromatic heterocycles. The van der Waals surface area contributed by atoms with E-state index in [1.165, 1.54) is 19.1 Å². The van der Waals surface area contributed by atoms with Crippen LogP contribution in [0.5, 0.6) is 17.2 Å². The molecule has 2 amide bonds. The lowest BCUT2D eigenvalue weighted by Crippen LogP contribution is -2.41. The van der Waals surface area contributed by atoms with E-state index in [4.69, 9.17) is 9.47 Å². The zero-order valence-corrected chi connectivity index (χ0v) is 17.3. The van der Waals surface area contributed by atoms with Crippen molar-refractivity contribution in [2.45, 2.75) is 51.1 Å². The Morgan fingerprint density at radius 2 is 1.44 bits per heavy atom. The summed E-state index contributed by atoms with van der Waals surface area (Å²) in [4.78, 5) is 23.1. The number of carbonyl (C=O) groups is 2. The van der Waals surface area contributed by atoms with Gasteiger partial charge in [0, 0.05) is 18.7 Å². The van der Waals surface area contributed by atoms with Gasteiger partial charge in [0.15, 0.2) is 0 Å². The molecule has 0 spiro atoms. The molecular formula is C22H23F3N2O5. The molecule has 0 heterocycles. The summed E-state index contributed by atoms with van der Waals surface area (Å²) in [5.74, 6) is 0.378. The van der Waals surface area contributed by atoms with Gasteiger partial charge in [0.2, 0.25) is 0 Å². The highest BCUT2D eigenvalue weighted by Gasteiger charge is 2.31. The van der Waals surface area contributed by atoms with Crippen LogP contribution in [-0.2, 0) is 4.79 Å². The van der Waals surface area contributed by atoms with Crippen LogP contribution in [0.25, 0.3) is 0 Å². The van der Waals surface area contributed by atoms with Crippen LogP contribution < -0.4 is 24.8 Å². The number of ether oxygens (including phenoxy) is 3. The van der Waals surface area contributed by atoms with Crippen molar-refractivity contribution >= 4 is 17.7 Å². The number of esters is 1. The van der Waals surface area contributed by atoms with Crippen LogP contribution in [0.1, 0.15) is 32.6 Å². The molecule has 0 aliphatic heterocycles. The second kappa shape index (κ2) is 10.3. The van der Waals surface area contributed by atoms with Crippen molar-refractivity contribution in [2.75, 3.05) is 5.32 Å². The van der Waals surface area contributed by atoms with Gasteiger partial charge in [-0.25, -0.2) is 4.79 Å². The van der Waals surface area contributed by atoms with E-state index in [1.807, 2.05) is 0 Å². The van der Waals surface area contributed by atoms with Crippen molar-refractivity contribution in [1.82, 2.24) is 5.32 Å². The summed E-state index contributed by atoms with van der Waals surface area (Å²) >= 11 is 0. The molecule has 1 aliphatic carbocycles. The number of hydrogen-bond donors (Lipinski definition) is 2. The second-order valence-corrected chi connectivity index (χ2v) is 7.33. The molecule has 2 aromatic carbocycles. The Hall–Kier alpha value is -3.43. The third-order valence-corrected chi connectivity index (χ3v) is 4.74. The molecule has 2 N–H and O–H groups in total. The van der Waals surface area contributed by atoms with Crippen LogP contribution in [0.3, 0.4) is 0 Å². The normalized spacial score (nSPS) is 18.4. The number of halogens is 3. The molecule has 0 atom stereocenters. The minimum Gasteiger partial charge on any atom is -0.490 e. The summed E-state index contributed by atoms with van der Waals surface area (Å²) < 4.78 is 51.3. The van der Waals surface area contributed by atoms with E-state index >= 15 is 0 Å². The lowest BCUT2D eigenvalue weighted by Gasteiger charge is -2.29. The molecular weight excluding hydrogens is 429 g/mol. The van der Waals surface area contributed by atoms with E-state index in [9.17, 15) is 22.8 Å². The van der Waals surface area contributed by atoms with Crippen LogP contribution in [0, 0.1) is 0 Å². The molecule has 7 nitrogen and oxygen atoms in total. The van der Waals surface area contributed by atoms with E-state index < -0.39 is 12.4 Å². The molecule has 1 fully saturated rings. The zero-order valence-electron chi connectivity index (χ0n) is 17.3. The van der Waals surface area contributed by atoms with Crippen molar-refractivity contribution in [3.05, 3.63) is 48.5 Å². The number of benzene rings is 2. The summed E-state index contributed by atoms with van der Waals surface area (Å²) in [6.45, 7) is 1.33. The zero-order chi connectivity index (χ0) is 23.1. The molecule has 10 heteroatoms. The van der Waals surface area contributed by atoms with E-state index in [0.717, 1.165) is 37.8 Å². The maximum atomic E-state index is 12.2. The first kappa shape index (κ1) is 23.2. The number of anilines is 1. The highest BCUT2D eigenvalue weighted by molar-refractivity contribution is 5.89. The molecule has 172 valence electrons. The summed E-state index contributed by atoms with van der Waals surface area (Å²) in [6, 6.07) is 11.3. The summed E-state index contributed by atoms with van der Waals surface area (Å²) in [5.41, 5.74) is 0.353. The number of amides is 2. The molecule has 0 saturated heterocycles. The third kappa shape index (κ3) is 7.68. The van der Waals surface area contributed by atoms with Crippen LogP contribution in [0.15, 0.2) is 48.5 Å². The van der Waals surface area contributed by atoms with Gasteiger partial charge in [0.1, 0.15) is 17.2 Å². The Bertz CT molecular complexity index is 909. The fraction of sp³-hybridized carbons (Fsp3) is 0.364. The van der Waals surface area contributed by atoms with Gasteiger partial charge < -0.3 is 24.8 Å². The van der Waals surface area contributed by atoms with E-state index in [2.05, 4.69) is 15.4 Å². The maximum absolute atomic E-state index is 12.2. The second-order valence-electron chi connectivity index (χ2n) is 7.33. The molecule has 2 aromatic rings. The van der Waals surface area contributed by atoms with Crippen molar-refractivity contribution < 1.29 is 37.0 Å². The van der Waals surface area contributed by atoms with Crippen LogP contribution in [0.4, 0.5) is 23.7 Å². The minimum absolute atomic E-state index is 0.0110. The summed E-state index contributed by atoms with van der Waals surface area (Å²) in [7, 11) is 0. The molecule has 0 unspecified atom stereocenters. The first-order chi connectivity index (χ1) is 15.2. The average molecular weight is 452 g/mol. The van der Waals surface area contributed by atoms with Gasteiger partial charge in [-0.15, -0.1) is 13.2 Å². The topological polar surface area (TPSA) is 85.9 Å². The van der Waals surface area contributed by atoms with Gasteiger partial charge >= 0.3 is 18.4 Å². The Morgan fingerprint density at radius 3 is 2.00 bits per heavy atom. The predicted molar refractivity (Wildman–Crippen MR) is 110 cm³/mol. The molecule has 0 radical (unpaired) electrons. The molecule has 1 aliphatic rings. The maximum Gasteiger partial charge on any atom is 0.573 e. The number of alkyl halides is 3. The highest BCUT2D eigenvalue weighted by atomic mass is 19.4. The number of hydrogen-bond acceptors (Lipinski definition) is 5. The Balaban J connectivity index is 1.39. The smallest absolute Gasteiger partial charge is 0.490 e.